The lowest BCUT2D eigenvalue weighted by molar-refractivity contribution is -0.161. The Morgan fingerprint density at radius 2 is 1.83 bits per heavy atom. The van der Waals surface area contributed by atoms with E-state index in [-0.39, 0.29) is 35.1 Å². The molecule has 4 aliphatic rings. The Kier molecular flexibility index (Phi) is 6.35. The molecule has 0 bridgehead atoms. The molecule has 3 saturated carbocycles. The maximum absolute atomic E-state index is 13.1. The maximum Gasteiger partial charge on any atom is 0.166 e. The minimum Gasteiger partial charge on any atom is -1.00 e. The van der Waals surface area contributed by atoms with Gasteiger partial charge in [0.15, 0.2) is 5.78 Å². The Bertz CT molecular complexity index is 679. The first kappa shape index (κ1) is 23.2. The van der Waals surface area contributed by atoms with Gasteiger partial charge < -0.3 is 27.5 Å². The van der Waals surface area contributed by atoms with Gasteiger partial charge in [-0.2, -0.15) is 0 Å². The predicted octanol–water partition coefficient (Wildman–Crippen LogP) is 0.566. The Balaban J connectivity index is 0.00000240. The Labute approximate surface area is 182 Å². The van der Waals surface area contributed by atoms with Gasteiger partial charge in [0, 0.05) is 18.4 Å². The van der Waals surface area contributed by atoms with Crippen LogP contribution in [0.15, 0.2) is 11.6 Å². The lowest BCUT2D eigenvalue weighted by atomic mass is 9.46. The number of Topliss-reactive ketones (excluding diaryl/α,β-unsaturated/α-hetero) is 1. The van der Waals surface area contributed by atoms with Crippen LogP contribution in [0.1, 0.15) is 71.6 Å². The number of hydrogen-bond donors (Lipinski definition) is 2. The summed E-state index contributed by atoms with van der Waals surface area (Å²) in [5, 5.41) is 21.8. The highest BCUT2D eigenvalue weighted by Gasteiger charge is 2.65. The summed E-state index contributed by atoms with van der Waals surface area (Å²) in [4.78, 5) is 15.1. The average Bonchev–Trinajstić information content (AvgIpc) is 2.92. The molecule has 29 heavy (non-hydrogen) atoms. The van der Waals surface area contributed by atoms with Crippen molar-refractivity contribution in [3.8, 4) is 0 Å². The molecule has 0 saturated heterocycles. The normalized spacial score (nSPS) is 46.2. The van der Waals surface area contributed by atoms with Crippen LogP contribution in [0.2, 0.25) is 0 Å². The number of carbonyl (C=O) groups excluding carboxylic acids is 1. The minimum atomic E-state index is -1.15. The quantitative estimate of drug-likeness (QED) is 0.647. The zero-order valence-electron chi connectivity index (χ0n) is 18.6. The van der Waals surface area contributed by atoms with Crippen molar-refractivity contribution in [3.63, 3.8) is 0 Å². The predicted molar refractivity (Wildman–Crippen MR) is 111 cm³/mol. The molecule has 4 rings (SSSR count). The van der Waals surface area contributed by atoms with Crippen molar-refractivity contribution in [3.05, 3.63) is 11.6 Å². The summed E-state index contributed by atoms with van der Waals surface area (Å²) < 4.78 is 0. The number of aliphatic hydroxyl groups excluding tert-OH is 1. The molecule has 4 aliphatic carbocycles. The molecular formula is C24H39ClNO3-. The molecule has 166 valence electrons. The number of fused-ring (bicyclic) bond motifs is 5. The number of aliphatic hydroxyl groups is 2. The van der Waals surface area contributed by atoms with Crippen molar-refractivity contribution in [2.75, 3.05) is 20.6 Å². The summed E-state index contributed by atoms with van der Waals surface area (Å²) >= 11 is 0. The highest BCUT2D eigenvalue weighted by molar-refractivity contribution is 5.88. The molecule has 0 spiro atoms. The molecular weight excluding hydrogens is 386 g/mol. The zero-order chi connectivity index (χ0) is 20.3. The Hall–Kier alpha value is -0.420. The second kappa shape index (κ2) is 7.93. The van der Waals surface area contributed by atoms with Crippen LogP contribution in [-0.4, -0.2) is 53.2 Å². The number of hydrogen-bond acceptors (Lipinski definition) is 4. The largest absolute Gasteiger partial charge is 1.00 e. The first-order valence-electron chi connectivity index (χ1n) is 11.4. The second-order valence-corrected chi connectivity index (χ2v) is 11.0. The molecule has 0 aromatic rings. The van der Waals surface area contributed by atoms with Gasteiger partial charge in [0.1, 0.15) is 5.60 Å². The van der Waals surface area contributed by atoms with Crippen LogP contribution in [0.4, 0.5) is 0 Å². The van der Waals surface area contributed by atoms with E-state index in [2.05, 4.69) is 19.9 Å². The first-order valence-corrected chi connectivity index (χ1v) is 11.4. The molecule has 0 amide bonds. The topological polar surface area (TPSA) is 60.8 Å². The molecule has 2 N–H and O–H groups in total. The monoisotopic (exact) mass is 424 g/mol. The van der Waals surface area contributed by atoms with Gasteiger partial charge in [-0.25, -0.2) is 0 Å². The molecule has 0 aliphatic heterocycles. The summed E-state index contributed by atoms with van der Waals surface area (Å²) in [6.07, 6.45) is 10.2. The fourth-order valence-corrected chi connectivity index (χ4v) is 7.65. The molecule has 7 atom stereocenters. The molecule has 0 unspecified atom stereocenters. The third kappa shape index (κ3) is 3.43. The summed E-state index contributed by atoms with van der Waals surface area (Å²) in [5.74, 6) is 1.69. The van der Waals surface area contributed by atoms with Crippen molar-refractivity contribution in [2.24, 2.45) is 28.6 Å². The van der Waals surface area contributed by atoms with E-state index in [0.717, 1.165) is 44.9 Å². The molecule has 4 nitrogen and oxygen atoms in total. The lowest BCUT2D eigenvalue weighted by Gasteiger charge is -2.58. The van der Waals surface area contributed by atoms with Gasteiger partial charge in [-0.05, 0) is 88.6 Å². The first-order chi connectivity index (χ1) is 13.1. The van der Waals surface area contributed by atoms with Crippen LogP contribution in [0.5, 0.6) is 0 Å². The second-order valence-electron chi connectivity index (χ2n) is 11.0. The van der Waals surface area contributed by atoms with E-state index < -0.39 is 5.60 Å². The summed E-state index contributed by atoms with van der Waals surface area (Å²) in [6.45, 7) is 5.34. The van der Waals surface area contributed by atoms with E-state index in [1.807, 2.05) is 19.0 Å². The third-order valence-electron chi connectivity index (χ3n) is 9.48. The molecule has 0 radical (unpaired) electrons. The summed E-state index contributed by atoms with van der Waals surface area (Å²) in [7, 11) is 3.96. The summed E-state index contributed by atoms with van der Waals surface area (Å²) in [5.41, 5.74) is 0.255. The maximum atomic E-state index is 13.1. The molecule has 0 aromatic carbocycles. The van der Waals surface area contributed by atoms with Gasteiger partial charge in [0.25, 0.3) is 0 Å². The van der Waals surface area contributed by atoms with Gasteiger partial charge in [-0.1, -0.05) is 25.5 Å². The lowest BCUT2D eigenvalue weighted by Crippen LogP contribution is -3.00. The number of rotatable bonds is 4. The SMILES string of the molecule is CN(C)CCC(=O)[C@@]1(O)CC[C@H]2[C@@H]3CC=C4C[C@@H](O)CC[C@]4(C)[C@H]3CC[C@@]21C.[Cl-]. The van der Waals surface area contributed by atoms with Crippen molar-refractivity contribution in [2.45, 2.75) is 83.3 Å². The third-order valence-corrected chi connectivity index (χ3v) is 9.48. The number of nitrogens with zero attached hydrogens (tertiary/aromatic N) is 1. The zero-order valence-corrected chi connectivity index (χ0v) is 19.3. The highest BCUT2D eigenvalue weighted by Crippen LogP contribution is 2.67. The fraction of sp³-hybridized carbons (Fsp3) is 0.875. The van der Waals surface area contributed by atoms with E-state index >= 15 is 0 Å². The van der Waals surface area contributed by atoms with E-state index in [1.165, 1.54) is 5.57 Å². The van der Waals surface area contributed by atoms with Gasteiger partial charge in [-0.3, -0.25) is 4.79 Å². The van der Waals surface area contributed by atoms with Crippen molar-refractivity contribution >= 4 is 5.78 Å². The van der Waals surface area contributed by atoms with Gasteiger partial charge in [0.2, 0.25) is 0 Å². The number of carbonyl (C=O) groups is 1. The summed E-state index contributed by atoms with van der Waals surface area (Å²) in [6, 6.07) is 0. The minimum absolute atomic E-state index is 0. The van der Waals surface area contributed by atoms with Crippen LogP contribution < -0.4 is 12.4 Å². The molecule has 0 aromatic heterocycles. The molecule has 3 fully saturated rings. The average molecular weight is 425 g/mol. The number of allylic oxidation sites excluding steroid dienone is 1. The van der Waals surface area contributed by atoms with Crippen LogP contribution in [0, 0.1) is 28.6 Å². The van der Waals surface area contributed by atoms with E-state index in [4.69, 9.17) is 0 Å². The van der Waals surface area contributed by atoms with Crippen molar-refractivity contribution in [1.29, 1.82) is 0 Å². The Morgan fingerprint density at radius 1 is 1.14 bits per heavy atom. The molecule has 0 heterocycles. The standard InChI is InChI=1S/C24H39NO3.ClH/c1-22-11-7-17(26)15-16(22)5-6-18-19(22)8-12-23(2)20(18)9-13-24(23,28)21(27)10-14-25(3)4;/h5,17-20,26,28H,6-15H2,1-4H3;1H/p-1/t17-,18+,19-,20-,22-,23-,24-;/m0./s1. The van der Waals surface area contributed by atoms with Gasteiger partial charge in [0.05, 0.1) is 6.10 Å². The van der Waals surface area contributed by atoms with E-state index in [1.54, 1.807) is 0 Å². The Morgan fingerprint density at radius 3 is 2.52 bits per heavy atom. The van der Waals surface area contributed by atoms with Gasteiger partial charge >= 0.3 is 0 Å². The number of ketones is 1. The van der Waals surface area contributed by atoms with Crippen molar-refractivity contribution < 1.29 is 27.4 Å². The fourth-order valence-electron chi connectivity index (χ4n) is 7.65. The van der Waals surface area contributed by atoms with Crippen LogP contribution in [0.25, 0.3) is 0 Å². The van der Waals surface area contributed by atoms with Crippen molar-refractivity contribution in [1.82, 2.24) is 4.90 Å². The smallest absolute Gasteiger partial charge is 0.166 e. The highest BCUT2D eigenvalue weighted by atomic mass is 35.5. The number of halogens is 1. The van der Waals surface area contributed by atoms with Crippen LogP contribution in [0.3, 0.4) is 0 Å². The molecule has 5 heteroatoms. The van der Waals surface area contributed by atoms with E-state index in [0.29, 0.717) is 37.1 Å². The van der Waals surface area contributed by atoms with Gasteiger partial charge in [-0.15, -0.1) is 0 Å². The van der Waals surface area contributed by atoms with Crippen LogP contribution in [-0.2, 0) is 4.79 Å². The van der Waals surface area contributed by atoms with Crippen LogP contribution >= 0.6 is 0 Å². The van der Waals surface area contributed by atoms with E-state index in [9.17, 15) is 15.0 Å².